The van der Waals surface area contributed by atoms with Crippen molar-refractivity contribution in [2.45, 2.75) is 18.8 Å². The molecule has 0 saturated carbocycles. The Morgan fingerprint density at radius 2 is 1.95 bits per heavy atom. The van der Waals surface area contributed by atoms with Gasteiger partial charge < -0.3 is 10.2 Å². The predicted octanol–water partition coefficient (Wildman–Crippen LogP) is 1.36. The Morgan fingerprint density at radius 3 is 2.63 bits per heavy atom. The summed E-state index contributed by atoms with van der Waals surface area (Å²) < 4.78 is 31.3. The Morgan fingerprint density at radius 1 is 1.16 bits per heavy atom. The van der Waals surface area contributed by atoms with Gasteiger partial charge >= 0.3 is 0 Å². The number of benzene rings is 1. The number of nitrogens with two attached hydrogens (primary N) is 1. The van der Waals surface area contributed by atoms with Crippen molar-refractivity contribution in [3.8, 4) is 0 Å². The molecule has 1 heterocycles. The first-order chi connectivity index (χ1) is 9.09. The largest absolute Gasteiger partial charge is 0.472 e. The lowest BCUT2D eigenvalue weighted by Crippen LogP contribution is -2.24. The maximum Gasteiger partial charge on any atom is 0.216 e. The molecule has 0 aliphatic rings. The molecule has 0 spiro atoms. The number of rotatable bonds is 6. The molecule has 6 heteroatoms. The molecular formula is C13H16N2O3S. The molecule has 3 N–H and O–H groups in total. The summed E-state index contributed by atoms with van der Waals surface area (Å²) in [6.45, 7) is 0.631. The Kier molecular flexibility index (Phi) is 4.36. The lowest BCUT2D eigenvalue weighted by Gasteiger charge is -2.07. The summed E-state index contributed by atoms with van der Waals surface area (Å²) >= 11 is 0. The lowest BCUT2D eigenvalue weighted by molar-refractivity contribution is 0.561. The fourth-order valence-electron chi connectivity index (χ4n) is 1.70. The molecule has 0 fully saturated rings. The van der Waals surface area contributed by atoms with Gasteiger partial charge in [0.1, 0.15) is 0 Å². The highest BCUT2D eigenvalue weighted by Crippen LogP contribution is 2.09. The van der Waals surface area contributed by atoms with Gasteiger partial charge in [-0.2, -0.15) is 0 Å². The van der Waals surface area contributed by atoms with E-state index >= 15 is 0 Å². The Hall–Kier alpha value is -1.63. The summed E-state index contributed by atoms with van der Waals surface area (Å²) in [4.78, 5) is 0. The van der Waals surface area contributed by atoms with E-state index in [0.29, 0.717) is 6.54 Å². The first-order valence-electron chi connectivity index (χ1n) is 5.85. The maximum absolute atomic E-state index is 11.9. The smallest absolute Gasteiger partial charge is 0.216 e. The fourth-order valence-corrected chi connectivity index (χ4v) is 2.81. The molecule has 102 valence electrons. The van der Waals surface area contributed by atoms with Crippen LogP contribution in [0.15, 0.2) is 47.3 Å². The lowest BCUT2D eigenvalue weighted by atomic mass is 10.1. The van der Waals surface area contributed by atoms with Crippen LogP contribution in [0.1, 0.15) is 16.7 Å². The van der Waals surface area contributed by atoms with Crippen LogP contribution in [0.2, 0.25) is 0 Å². The molecule has 0 aliphatic carbocycles. The van der Waals surface area contributed by atoms with E-state index in [-0.39, 0.29) is 12.3 Å². The van der Waals surface area contributed by atoms with E-state index < -0.39 is 10.0 Å². The van der Waals surface area contributed by atoms with Crippen molar-refractivity contribution in [1.82, 2.24) is 4.72 Å². The second-order valence-corrected chi connectivity index (χ2v) is 6.04. The molecule has 5 nitrogen and oxygen atoms in total. The highest BCUT2D eigenvalue weighted by atomic mass is 32.2. The molecule has 0 atom stereocenters. The van der Waals surface area contributed by atoms with Gasteiger partial charge in [0.15, 0.2) is 0 Å². The van der Waals surface area contributed by atoms with Gasteiger partial charge in [-0.05, 0) is 17.2 Å². The van der Waals surface area contributed by atoms with Crippen LogP contribution in [0.5, 0.6) is 0 Å². The number of hydrogen-bond acceptors (Lipinski definition) is 4. The summed E-state index contributed by atoms with van der Waals surface area (Å²) in [5.74, 6) is -0.0569. The molecule has 19 heavy (non-hydrogen) atoms. The van der Waals surface area contributed by atoms with E-state index in [1.807, 2.05) is 12.1 Å². The minimum atomic E-state index is -3.37. The maximum atomic E-state index is 11.9. The van der Waals surface area contributed by atoms with Crippen LogP contribution in [-0.4, -0.2) is 8.42 Å². The molecule has 1 aromatic heterocycles. The van der Waals surface area contributed by atoms with Crippen molar-refractivity contribution in [3.05, 3.63) is 59.5 Å². The molecule has 0 aliphatic heterocycles. The second kappa shape index (κ2) is 6.01. The number of furan rings is 1. The molecule has 2 rings (SSSR count). The molecular weight excluding hydrogens is 264 g/mol. The SMILES string of the molecule is NCc1cccc(CS(=O)(=O)NCc2ccoc2)c1. The van der Waals surface area contributed by atoms with E-state index in [0.717, 1.165) is 16.7 Å². The van der Waals surface area contributed by atoms with Gasteiger partial charge in [-0.1, -0.05) is 24.3 Å². The van der Waals surface area contributed by atoms with Crippen LogP contribution in [0.4, 0.5) is 0 Å². The highest BCUT2D eigenvalue weighted by molar-refractivity contribution is 7.88. The van der Waals surface area contributed by atoms with Gasteiger partial charge in [-0.25, -0.2) is 13.1 Å². The molecule has 0 unspecified atom stereocenters. The van der Waals surface area contributed by atoms with E-state index in [1.165, 1.54) is 12.5 Å². The third-order valence-corrected chi connectivity index (χ3v) is 3.96. The van der Waals surface area contributed by atoms with E-state index in [2.05, 4.69) is 4.72 Å². The standard InChI is InChI=1S/C13H16N2O3S/c14-7-11-2-1-3-12(6-11)10-19(16,17)15-8-13-4-5-18-9-13/h1-6,9,15H,7-8,10,14H2. The van der Waals surface area contributed by atoms with Crippen molar-refractivity contribution in [3.63, 3.8) is 0 Å². The van der Waals surface area contributed by atoms with E-state index in [9.17, 15) is 8.42 Å². The Labute approximate surface area is 112 Å². The number of nitrogens with one attached hydrogen (secondary N) is 1. The third kappa shape index (κ3) is 4.20. The van der Waals surface area contributed by atoms with Crippen molar-refractivity contribution < 1.29 is 12.8 Å². The third-order valence-electron chi connectivity index (χ3n) is 2.66. The number of hydrogen-bond donors (Lipinski definition) is 2. The average Bonchev–Trinajstić information content (AvgIpc) is 2.89. The topological polar surface area (TPSA) is 85.3 Å². The highest BCUT2D eigenvalue weighted by Gasteiger charge is 2.11. The summed E-state index contributed by atoms with van der Waals surface area (Å²) in [7, 11) is -3.37. The quantitative estimate of drug-likeness (QED) is 0.836. The summed E-state index contributed by atoms with van der Waals surface area (Å²) in [6.07, 6.45) is 3.02. The number of sulfonamides is 1. The predicted molar refractivity (Wildman–Crippen MR) is 72.5 cm³/mol. The van der Waals surface area contributed by atoms with E-state index in [4.69, 9.17) is 10.2 Å². The van der Waals surface area contributed by atoms with Gasteiger partial charge in [-0.3, -0.25) is 0 Å². The Bertz CT molecular complexity index is 621. The monoisotopic (exact) mass is 280 g/mol. The van der Waals surface area contributed by atoms with Crippen molar-refractivity contribution in [1.29, 1.82) is 0 Å². The van der Waals surface area contributed by atoms with Gasteiger partial charge in [0.25, 0.3) is 0 Å². The van der Waals surface area contributed by atoms with Gasteiger partial charge in [0.05, 0.1) is 18.3 Å². The first-order valence-corrected chi connectivity index (χ1v) is 7.50. The van der Waals surface area contributed by atoms with Crippen LogP contribution in [0.25, 0.3) is 0 Å². The van der Waals surface area contributed by atoms with Crippen LogP contribution in [0.3, 0.4) is 0 Å². The fraction of sp³-hybridized carbons (Fsp3) is 0.231. The van der Waals surface area contributed by atoms with Crippen molar-refractivity contribution >= 4 is 10.0 Å². The van der Waals surface area contributed by atoms with Crippen LogP contribution < -0.4 is 10.5 Å². The average molecular weight is 280 g/mol. The van der Waals surface area contributed by atoms with Gasteiger partial charge in [0.2, 0.25) is 10.0 Å². The summed E-state index contributed by atoms with van der Waals surface area (Å²) in [5, 5.41) is 0. The first kappa shape index (κ1) is 13.8. The van der Waals surface area contributed by atoms with Crippen molar-refractivity contribution in [2.24, 2.45) is 5.73 Å². The molecule has 0 radical (unpaired) electrons. The zero-order chi connectivity index (χ0) is 13.7. The van der Waals surface area contributed by atoms with Crippen LogP contribution in [0, 0.1) is 0 Å². The van der Waals surface area contributed by atoms with Crippen molar-refractivity contribution in [2.75, 3.05) is 0 Å². The second-order valence-electron chi connectivity index (χ2n) is 4.24. The van der Waals surface area contributed by atoms with E-state index in [1.54, 1.807) is 18.2 Å². The minimum Gasteiger partial charge on any atom is -0.472 e. The molecule has 1 aromatic carbocycles. The Balaban J connectivity index is 2.00. The summed E-state index contributed by atoms with van der Waals surface area (Å²) in [5.41, 5.74) is 7.96. The normalized spacial score (nSPS) is 11.6. The molecule has 0 saturated heterocycles. The molecule has 2 aromatic rings. The summed E-state index contributed by atoms with van der Waals surface area (Å²) in [6, 6.07) is 8.98. The van der Waals surface area contributed by atoms with Gasteiger partial charge in [-0.15, -0.1) is 0 Å². The van der Waals surface area contributed by atoms with Crippen LogP contribution in [-0.2, 0) is 28.9 Å². The molecule has 0 bridgehead atoms. The van der Waals surface area contributed by atoms with Crippen LogP contribution >= 0.6 is 0 Å². The zero-order valence-corrected chi connectivity index (χ0v) is 11.2. The van der Waals surface area contributed by atoms with Gasteiger partial charge in [0, 0.05) is 18.7 Å². The molecule has 0 amide bonds. The zero-order valence-electron chi connectivity index (χ0n) is 10.4. The minimum absolute atomic E-state index is 0.0569.